The Labute approximate surface area is 431 Å². The highest BCUT2D eigenvalue weighted by Gasteiger charge is 2.45. The van der Waals surface area contributed by atoms with Crippen LogP contribution in [0.2, 0.25) is 0 Å². The number of likely N-dealkylation sites (tertiary alicyclic amines) is 3. The van der Waals surface area contributed by atoms with E-state index in [1.54, 1.807) is 12.1 Å². The third kappa shape index (κ3) is 20.4. The summed E-state index contributed by atoms with van der Waals surface area (Å²) in [6, 6.07) is 8.61. The second kappa shape index (κ2) is 31.8. The van der Waals surface area contributed by atoms with Crippen molar-refractivity contribution in [1.82, 2.24) is 33.9 Å². The third-order valence-electron chi connectivity index (χ3n) is 12.2. The number of nitrogens with one attached hydrogen (secondary N) is 3. The molecule has 424 valence electrons. The number of piperidine rings is 4. The number of halogens is 8. The fraction of sp³-hybridized carbons (Fsp3) is 0.791. The van der Waals surface area contributed by atoms with Crippen LogP contribution in [0.15, 0.2) is 30.3 Å². The minimum Gasteiger partial charge on any atom is -0.390 e. The van der Waals surface area contributed by atoms with Crippen LogP contribution in [0.4, 0.5) is 45.6 Å². The predicted molar refractivity (Wildman–Crippen MR) is 261 cm³/mol. The van der Waals surface area contributed by atoms with E-state index in [0.717, 1.165) is 44.9 Å². The van der Waals surface area contributed by atoms with Gasteiger partial charge in [-0.1, -0.05) is 44.9 Å². The van der Waals surface area contributed by atoms with Gasteiger partial charge in [-0.25, -0.2) is 39.9 Å². The Morgan fingerprint density at radius 2 is 0.932 bits per heavy atom. The number of unbranched alkanes of at least 4 members (excludes halogenated alkanes) is 2. The lowest BCUT2D eigenvalue weighted by Gasteiger charge is -2.40. The van der Waals surface area contributed by atoms with Gasteiger partial charge in [-0.15, -0.1) is 0 Å². The lowest BCUT2D eigenvalue weighted by atomic mass is 9.93. The first-order valence-corrected chi connectivity index (χ1v) is 25.7. The number of amides is 2. The molecule has 19 nitrogen and oxygen atoms in total. The molecule has 1 aromatic rings. The normalized spacial score (nSPS) is 28.9. The van der Waals surface area contributed by atoms with E-state index in [9.17, 15) is 89.2 Å². The quantitative estimate of drug-likeness (QED) is 0.0748. The monoisotopic (exact) mass is 1120 g/mol. The first-order chi connectivity index (χ1) is 34.1. The number of benzene rings is 1. The molecule has 0 unspecified atom stereocenters. The molecule has 0 spiro atoms. The van der Waals surface area contributed by atoms with Gasteiger partial charge in [-0.05, 0) is 49.4 Å². The summed E-state index contributed by atoms with van der Waals surface area (Å²) in [6.45, 7) is 3.91. The Balaban J connectivity index is 0.000000334. The number of thiocarbonyl (C=S) groups is 2. The van der Waals surface area contributed by atoms with Crippen molar-refractivity contribution in [2.24, 2.45) is 23.7 Å². The van der Waals surface area contributed by atoms with Crippen molar-refractivity contribution in [3.05, 3.63) is 30.3 Å². The van der Waals surface area contributed by atoms with E-state index in [4.69, 9.17) is 24.4 Å². The van der Waals surface area contributed by atoms with Crippen LogP contribution >= 0.6 is 24.4 Å². The molecule has 0 aliphatic carbocycles. The van der Waals surface area contributed by atoms with Crippen molar-refractivity contribution in [1.29, 1.82) is 0 Å². The smallest absolute Gasteiger partial charge is 0.317 e. The molecule has 4 aliphatic heterocycles. The summed E-state index contributed by atoms with van der Waals surface area (Å²) in [6.07, 6.45) is -18.5. The van der Waals surface area contributed by atoms with E-state index in [-0.39, 0.29) is 50.9 Å². The number of urea groups is 1. The fourth-order valence-electron chi connectivity index (χ4n) is 7.71. The van der Waals surface area contributed by atoms with Gasteiger partial charge in [0.05, 0.1) is 79.0 Å². The SMILES string of the molecule is CCCCNC(=O)N1C[C@@H](O)[C@H](O)[C@@H](C(F)F)C1.CCCCNC(=S)N1C[C@@H](O)[C@H](O)[C@@H](C(F)F)C1.CN(C)S(=O)(=O)N1C[C@@H](O)[C@H](O)[C@@H](C(F)F)C1.O[C@H]1[C@H](O)CN(C(=S)Nc2ccccc2)C[C@@H]1C(F)F. The summed E-state index contributed by atoms with van der Waals surface area (Å²) in [4.78, 5) is 15.8. The van der Waals surface area contributed by atoms with Gasteiger partial charge < -0.3 is 71.5 Å². The van der Waals surface area contributed by atoms with Crippen LogP contribution in [-0.2, 0) is 10.2 Å². The van der Waals surface area contributed by atoms with Crippen LogP contribution in [0.5, 0.6) is 0 Å². The molecule has 4 aliphatic rings. The fourth-order valence-corrected chi connectivity index (χ4v) is 9.39. The number of nitrogens with zero attached hydrogens (tertiary/aromatic N) is 5. The Morgan fingerprint density at radius 1 is 0.575 bits per heavy atom. The molecular formula is C43H72F8N8O11S3. The van der Waals surface area contributed by atoms with Gasteiger partial charge in [0.15, 0.2) is 10.2 Å². The minimum absolute atomic E-state index is 0.0308. The van der Waals surface area contributed by atoms with Gasteiger partial charge in [0, 0.05) is 78.7 Å². The number of carbonyl (C=O) groups excluding carboxylic acids is 1. The molecule has 11 N–H and O–H groups in total. The summed E-state index contributed by atoms with van der Waals surface area (Å²) in [5.74, 6) is -5.55. The number of alkyl halides is 8. The standard InChI is InChI=1S/C13H16F2N2O2S.C11H20F2N2O3.C11H20F2N2O2S.C8H16F2N2O4S/c14-12(15)9-6-17(7-10(18)11(9)19)13(20)16-8-4-2-1-3-5-8;2*1-2-3-4-14-11(18)15-5-7(10(12)13)9(17)8(16)6-15;1-11(2)17(15,16)12-3-5(8(9)10)7(14)6(13)4-12/h1-5,9-12,18-19H,6-7H2,(H,16,20);2*7-10,16-17H,2-6H2,1H3,(H,14,18);5-8,13-14H,3-4H2,1-2H3/t9-,10+,11+;2*7-,8+,9+;5-,6+,7+/m0000/s1. The maximum Gasteiger partial charge on any atom is 0.317 e. The topological polar surface area (TPSA) is 265 Å². The van der Waals surface area contributed by atoms with E-state index < -0.39 is 121 Å². The summed E-state index contributed by atoms with van der Waals surface area (Å²) in [7, 11) is -1.32. The number of rotatable bonds is 13. The lowest BCUT2D eigenvalue weighted by Crippen LogP contribution is -2.58. The van der Waals surface area contributed by atoms with Gasteiger partial charge >= 0.3 is 6.03 Å². The van der Waals surface area contributed by atoms with Crippen molar-refractivity contribution < 1.29 is 89.2 Å². The zero-order valence-corrected chi connectivity index (χ0v) is 43.3. The molecule has 30 heteroatoms. The molecular weight excluding hydrogens is 1050 g/mol. The predicted octanol–water partition coefficient (Wildman–Crippen LogP) is 1.01. The number of hydrogen-bond acceptors (Lipinski definition) is 13. The van der Waals surface area contributed by atoms with Gasteiger partial charge in [-0.3, -0.25) is 0 Å². The van der Waals surface area contributed by atoms with E-state index in [2.05, 4.69) is 16.0 Å². The lowest BCUT2D eigenvalue weighted by molar-refractivity contribution is -0.107. The Bertz CT molecular complexity index is 1850. The van der Waals surface area contributed by atoms with Gasteiger partial charge in [0.2, 0.25) is 25.7 Å². The minimum atomic E-state index is -3.86. The Kier molecular flexibility index (Phi) is 28.7. The summed E-state index contributed by atoms with van der Waals surface area (Å²) < 4.78 is 127. The van der Waals surface area contributed by atoms with Crippen molar-refractivity contribution in [2.75, 3.05) is 84.9 Å². The number of β-amino-alcohol motifs (C(OH)–C–C–N with tert-alkyl or cyclic N) is 4. The first kappa shape index (κ1) is 66.0. The highest BCUT2D eigenvalue weighted by molar-refractivity contribution is 7.86. The van der Waals surface area contributed by atoms with Gasteiger partial charge in [-0.2, -0.15) is 17.0 Å². The number of aliphatic hydroxyl groups is 8. The molecule has 0 radical (unpaired) electrons. The molecule has 1 aromatic carbocycles. The van der Waals surface area contributed by atoms with E-state index in [1.165, 1.54) is 23.9 Å². The zero-order valence-electron chi connectivity index (χ0n) is 40.8. The van der Waals surface area contributed by atoms with E-state index in [0.29, 0.717) is 18.2 Å². The molecule has 0 saturated carbocycles. The number of carbonyl (C=O) groups is 1. The molecule has 73 heavy (non-hydrogen) atoms. The molecule has 12 atom stereocenters. The van der Waals surface area contributed by atoms with Crippen molar-refractivity contribution in [2.45, 2.75) is 114 Å². The molecule has 4 fully saturated rings. The van der Waals surface area contributed by atoms with Gasteiger partial charge in [0.1, 0.15) is 0 Å². The Hall–Kier alpha value is -3.14. The van der Waals surface area contributed by atoms with Crippen LogP contribution in [-0.4, -0.2) is 243 Å². The number of anilines is 1. The van der Waals surface area contributed by atoms with E-state index >= 15 is 0 Å². The zero-order chi connectivity index (χ0) is 55.5. The summed E-state index contributed by atoms with van der Waals surface area (Å²) >= 11 is 10.3. The second-order valence-corrected chi connectivity index (χ2v) is 20.9. The van der Waals surface area contributed by atoms with Crippen LogP contribution in [0.1, 0.15) is 39.5 Å². The number of hydrogen-bond donors (Lipinski definition) is 11. The summed E-state index contributed by atoms with van der Waals surface area (Å²) in [5, 5.41) is 85.1. The molecule has 5 rings (SSSR count). The second-order valence-electron chi connectivity index (χ2n) is 18.0. The first-order valence-electron chi connectivity index (χ1n) is 23.5. The summed E-state index contributed by atoms with van der Waals surface area (Å²) in [5.41, 5.74) is 0.742. The molecule has 0 bridgehead atoms. The van der Waals surface area contributed by atoms with Crippen LogP contribution in [0, 0.1) is 23.7 Å². The maximum absolute atomic E-state index is 12.8. The van der Waals surface area contributed by atoms with Crippen LogP contribution in [0.25, 0.3) is 0 Å². The highest BCUT2D eigenvalue weighted by Crippen LogP contribution is 2.28. The maximum atomic E-state index is 12.8. The molecule has 0 aromatic heterocycles. The van der Waals surface area contributed by atoms with Crippen LogP contribution < -0.4 is 16.0 Å². The van der Waals surface area contributed by atoms with Crippen molar-refractivity contribution in [3.63, 3.8) is 0 Å². The molecule has 4 saturated heterocycles. The number of para-hydroxylation sites is 1. The largest absolute Gasteiger partial charge is 0.390 e. The van der Waals surface area contributed by atoms with Crippen LogP contribution in [0.3, 0.4) is 0 Å². The molecule has 2 amide bonds. The van der Waals surface area contributed by atoms with Gasteiger partial charge in [0.25, 0.3) is 10.2 Å². The average Bonchev–Trinajstić information content (AvgIpc) is 3.32. The molecule has 4 heterocycles. The highest BCUT2D eigenvalue weighted by atomic mass is 32.2. The number of aliphatic hydroxyl groups excluding tert-OH is 8. The Morgan fingerprint density at radius 3 is 1.33 bits per heavy atom. The van der Waals surface area contributed by atoms with E-state index in [1.807, 2.05) is 32.0 Å². The average molecular weight is 1130 g/mol. The third-order valence-corrected chi connectivity index (χ3v) is 14.9. The van der Waals surface area contributed by atoms with Crippen molar-refractivity contribution in [3.8, 4) is 0 Å². The van der Waals surface area contributed by atoms with Crippen molar-refractivity contribution >= 4 is 56.6 Å².